The van der Waals surface area contributed by atoms with Gasteiger partial charge in [0.25, 0.3) is 11.6 Å². The summed E-state index contributed by atoms with van der Waals surface area (Å²) in [5.74, 6) is 0.255. The molecule has 0 aliphatic carbocycles. The van der Waals surface area contributed by atoms with Crippen LogP contribution < -0.4 is 16.0 Å². The lowest BCUT2D eigenvalue weighted by Crippen LogP contribution is -2.46. The van der Waals surface area contributed by atoms with Gasteiger partial charge in [-0.3, -0.25) is 19.9 Å². The van der Waals surface area contributed by atoms with Crippen LogP contribution in [0.4, 0.5) is 5.69 Å². The lowest BCUT2D eigenvalue weighted by Gasteiger charge is -2.16. The minimum absolute atomic E-state index is 0. The van der Waals surface area contributed by atoms with Crippen molar-refractivity contribution in [3.63, 3.8) is 0 Å². The smallest absolute Gasteiger partial charge is 0.287 e. The Bertz CT molecular complexity index is 557. The normalized spacial score (nSPS) is 12.1. The molecule has 0 fully saturated rings. The summed E-state index contributed by atoms with van der Waals surface area (Å²) in [4.78, 5) is 26.1. The Morgan fingerprint density at radius 3 is 2.64 bits per heavy atom. The number of aryl methyl sites for hydroxylation is 1. The largest absolute Gasteiger partial charge is 0.359 e. The number of guanidine groups is 1. The lowest BCUT2D eigenvalue weighted by atomic mass is 10.3. The number of hydrogen-bond donors (Lipinski definition) is 3. The van der Waals surface area contributed by atoms with Gasteiger partial charge in [-0.15, -0.1) is 12.4 Å². The summed E-state index contributed by atoms with van der Waals surface area (Å²) in [7, 11) is 4.98. The van der Waals surface area contributed by atoms with Crippen LogP contribution in [-0.4, -0.2) is 48.0 Å². The SMILES string of the molecule is CN=C(NC)NC(C)CNC(=O)c1cc([N+](=O)[O-])cn1C.Cl. The monoisotopic (exact) mass is 332 g/mol. The predicted molar refractivity (Wildman–Crippen MR) is 86.7 cm³/mol. The maximum absolute atomic E-state index is 12.0. The summed E-state index contributed by atoms with van der Waals surface area (Å²) < 4.78 is 1.43. The van der Waals surface area contributed by atoms with E-state index in [0.717, 1.165) is 0 Å². The molecule has 1 rings (SSSR count). The molecule has 0 bridgehead atoms. The number of carbonyl (C=O) groups excluding carboxylic acids is 1. The maximum Gasteiger partial charge on any atom is 0.287 e. The molecule has 0 radical (unpaired) electrons. The second-order valence-corrected chi connectivity index (χ2v) is 4.53. The van der Waals surface area contributed by atoms with Crippen molar-refractivity contribution in [2.75, 3.05) is 20.6 Å². The molecule has 1 atom stereocenters. The fraction of sp³-hybridized carbons (Fsp3) is 0.500. The molecular weight excluding hydrogens is 312 g/mol. The van der Waals surface area contributed by atoms with Gasteiger partial charge in [0.2, 0.25) is 0 Å². The van der Waals surface area contributed by atoms with E-state index in [-0.39, 0.29) is 35.7 Å². The summed E-state index contributed by atoms with van der Waals surface area (Å²) in [6.07, 6.45) is 1.31. The zero-order valence-electron chi connectivity index (χ0n) is 12.9. The number of aliphatic imine (C=N–C) groups is 1. The first-order chi connectivity index (χ1) is 9.88. The molecule has 1 unspecified atom stereocenters. The first kappa shape index (κ1) is 19.7. The molecule has 0 saturated carbocycles. The van der Waals surface area contributed by atoms with E-state index in [4.69, 9.17) is 0 Å². The van der Waals surface area contributed by atoms with Crippen LogP contribution in [0.3, 0.4) is 0 Å². The molecule has 0 aliphatic rings. The number of aromatic nitrogens is 1. The predicted octanol–water partition coefficient (Wildman–Crippen LogP) is 0.268. The van der Waals surface area contributed by atoms with E-state index in [1.165, 1.54) is 16.8 Å². The number of carbonyl (C=O) groups is 1. The molecule has 0 spiro atoms. The quantitative estimate of drug-likeness (QED) is 0.310. The second kappa shape index (κ2) is 8.88. The highest BCUT2D eigenvalue weighted by molar-refractivity contribution is 5.93. The number of nitrogens with zero attached hydrogens (tertiary/aromatic N) is 3. The minimum Gasteiger partial charge on any atom is -0.359 e. The van der Waals surface area contributed by atoms with Crippen molar-refractivity contribution < 1.29 is 9.72 Å². The standard InChI is InChI=1S/C12H20N6O3.ClH/c1-8(16-12(13-2)14-3)6-15-11(19)10-5-9(18(20)21)7-17(10)4;/h5,7-8H,6H2,1-4H3,(H,15,19)(H2,13,14,16);1H. The topological polar surface area (TPSA) is 114 Å². The van der Waals surface area contributed by atoms with Crippen LogP contribution >= 0.6 is 12.4 Å². The van der Waals surface area contributed by atoms with Gasteiger partial charge in [-0.25, -0.2) is 0 Å². The molecule has 0 aliphatic heterocycles. The molecule has 1 amide bonds. The molecular formula is C12H21ClN6O3. The zero-order chi connectivity index (χ0) is 16.0. The van der Waals surface area contributed by atoms with Crippen molar-refractivity contribution in [2.45, 2.75) is 13.0 Å². The van der Waals surface area contributed by atoms with E-state index >= 15 is 0 Å². The first-order valence-electron chi connectivity index (χ1n) is 6.39. The average Bonchev–Trinajstić information content (AvgIpc) is 2.84. The van der Waals surface area contributed by atoms with Gasteiger partial charge in [0.1, 0.15) is 5.69 Å². The minimum atomic E-state index is -0.530. The van der Waals surface area contributed by atoms with E-state index in [1.54, 1.807) is 21.1 Å². The van der Waals surface area contributed by atoms with Crippen molar-refractivity contribution in [1.29, 1.82) is 0 Å². The Balaban J connectivity index is 0.00000441. The molecule has 10 heteroatoms. The molecule has 124 valence electrons. The third kappa shape index (κ3) is 5.24. The summed E-state index contributed by atoms with van der Waals surface area (Å²) in [6, 6.07) is 1.20. The Morgan fingerprint density at radius 1 is 1.55 bits per heavy atom. The third-order valence-corrected chi connectivity index (χ3v) is 2.85. The van der Waals surface area contributed by atoms with Gasteiger partial charge in [-0.05, 0) is 6.92 Å². The average molecular weight is 333 g/mol. The van der Waals surface area contributed by atoms with Gasteiger partial charge in [-0.1, -0.05) is 0 Å². The summed E-state index contributed by atoms with van der Waals surface area (Å²) in [5.41, 5.74) is 0.135. The number of rotatable bonds is 5. The molecule has 3 N–H and O–H groups in total. The summed E-state index contributed by atoms with van der Waals surface area (Å²) in [5, 5.41) is 19.3. The van der Waals surface area contributed by atoms with Gasteiger partial charge < -0.3 is 20.5 Å². The van der Waals surface area contributed by atoms with E-state index in [2.05, 4.69) is 20.9 Å². The third-order valence-electron chi connectivity index (χ3n) is 2.85. The molecule has 9 nitrogen and oxygen atoms in total. The highest BCUT2D eigenvalue weighted by atomic mass is 35.5. The van der Waals surface area contributed by atoms with E-state index < -0.39 is 4.92 Å². The Morgan fingerprint density at radius 2 is 2.18 bits per heavy atom. The molecule has 0 aromatic carbocycles. The van der Waals surface area contributed by atoms with Crippen LogP contribution in [0, 0.1) is 10.1 Å². The van der Waals surface area contributed by atoms with E-state index in [1.807, 2.05) is 6.92 Å². The number of amides is 1. The fourth-order valence-electron chi connectivity index (χ4n) is 1.74. The Labute approximate surface area is 134 Å². The molecule has 22 heavy (non-hydrogen) atoms. The van der Waals surface area contributed by atoms with Gasteiger partial charge >= 0.3 is 0 Å². The van der Waals surface area contributed by atoms with Crippen molar-refractivity contribution in [3.05, 3.63) is 28.1 Å². The van der Waals surface area contributed by atoms with Crippen LogP contribution in [0.25, 0.3) is 0 Å². The first-order valence-corrected chi connectivity index (χ1v) is 6.39. The van der Waals surface area contributed by atoms with E-state index in [0.29, 0.717) is 12.5 Å². The van der Waals surface area contributed by atoms with Crippen LogP contribution in [-0.2, 0) is 7.05 Å². The number of nitrogens with one attached hydrogen (secondary N) is 3. The summed E-state index contributed by atoms with van der Waals surface area (Å²) in [6.45, 7) is 2.24. The van der Waals surface area contributed by atoms with Crippen LogP contribution in [0.2, 0.25) is 0 Å². The van der Waals surface area contributed by atoms with Gasteiger partial charge in [0.05, 0.1) is 11.1 Å². The van der Waals surface area contributed by atoms with Crippen LogP contribution in [0.5, 0.6) is 0 Å². The Hall–Kier alpha value is -2.29. The van der Waals surface area contributed by atoms with Crippen molar-refractivity contribution >= 4 is 30.0 Å². The van der Waals surface area contributed by atoms with Crippen molar-refractivity contribution in [3.8, 4) is 0 Å². The van der Waals surface area contributed by atoms with E-state index in [9.17, 15) is 14.9 Å². The number of nitro groups is 1. The molecule has 1 heterocycles. The number of halogens is 1. The summed E-state index contributed by atoms with van der Waals surface area (Å²) >= 11 is 0. The second-order valence-electron chi connectivity index (χ2n) is 4.53. The molecule has 1 aromatic heterocycles. The van der Waals surface area contributed by atoms with Gasteiger partial charge in [0.15, 0.2) is 5.96 Å². The highest BCUT2D eigenvalue weighted by Crippen LogP contribution is 2.14. The molecule has 1 aromatic rings. The fourth-order valence-corrected chi connectivity index (χ4v) is 1.74. The number of hydrogen-bond acceptors (Lipinski definition) is 4. The zero-order valence-corrected chi connectivity index (χ0v) is 13.7. The van der Waals surface area contributed by atoms with Gasteiger partial charge in [0, 0.05) is 39.8 Å². The van der Waals surface area contributed by atoms with Crippen molar-refractivity contribution in [2.24, 2.45) is 12.0 Å². The maximum atomic E-state index is 12.0. The van der Waals surface area contributed by atoms with Crippen LogP contribution in [0.1, 0.15) is 17.4 Å². The van der Waals surface area contributed by atoms with Crippen molar-refractivity contribution in [1.82, 2.24) is 20.5 Å². The van der Waals surface area contributed by atoms with Gasteiger partial charge in [-0.2, -0.15) is 0 Å². The van der Waals surface area contributed by atoms with Crippen LogP contribution in [0.15, 0.2) is 17.3 Å². The lowest BCUT2D eigenvalue weighted by molar-refractivity contribution is -0.384. The Kier molecular flexibility index (Phi) is 7.95. The molecule has 0 saturated heterocycles. The highest BCUT2D eigenvalue weighted by Gasteiger charge is 2.17.